The SMILES string of the molecule is CCN(CC)c1ccc(CNC(=O)N2CCCN(c3nc(C)cs3)CC2)cc1F. The second kappa shape index (κ2) is 9.91. The minimum Gasteiger partial charge on any atom is -0.370 e. The average Bonchev–Trinajstić information content (AvgIpc) is 3.00. The van der Waals surface area contributed by atoms with Gasteiger partial charge in [-0.2, -0.15) is 0 Å². The van der Waals surface area contributed by atoms with Crippen LogP contribution in [0.3, 0.4) is 0 Å². The molecule has 1 fully saturated rings. The lowest BCUT2D eigenvalue weighted by Crippen LogP contribution is -2.41. The van der Waals surface area contributed by atoms with Gasteiger partial charge in [-0.3, -0.25) is 0 Å². The second-order valence-electron chi connectivity index (χ2n) is 7.22. The van der Waals surface area contributed by atoms with Gasteiger partial charge in [0.2, 0.25) is 0 Å². The number of carbonyl (C=O) groups is 1. The molecule has 0 unspecified atom stereocenters. The fourth-order valence-corrected chi connectivity index (χ4v) is 4.43. The number of carbonyl (C=O) groups excluding carboxylic acids is 1. The lowest BCUT2D eigenvalue weighted by Gasteiger charge is -2.23. The molecule has 0 radical (unpaired) electrons. The van der Waals surface area contributed by atoms with Crippen LogP contribution in [0.5, 0.6) is 0 Å². The van der Waals surface area contributed by atoms with Gasteiger partial charge >= 0.3 is 6.03 Å². The maximum atomic E-state index is 14.4. The summed E-state index contributed by atoms with van der Waals surface area (Å²) in [7, 11) is 0. The third kappa shape index (κ3) is 5.38. The molecule has 2 aromatic rings. The molecule has 0 bridgehead atoms. The molecule has 0 atom stereocenters. The fourth-order valence-electron chi connectivity index (χ4n) is 3.57. The van der Waals surface area contributed by atoms with E-state index in [9.17, 15) is 9.18 Å². The molecule has 29 heavy (non-hydrogen) atoms. The smallest absolute Gasteiger partial charge is 0.317 e. The Kier molecular flexibility index (Phi) is 7.30. The Morgan fingerprint density at radius 3 is 2.69 bits per heavy atom. The number of urea groups is 1. The van der Waals surface area contributed by atoms with Crippen molar-refractivity contribution in [2.75, 3.05) is 49.1 Å². The zero-order valence-corrected chi connectivity index (χ0v) is 18.3. The first-order valence-corrected chi connectivity index (χ1v) is 11.1. The van der Waals surface area contributed by atoms with Gasteiger partial charge in [0.15, 0.2) is 5.13 Å². The van der Waals surface area contributed by atoms with E-state index in [-0.39, 0.29) is 11.8 Å². The second-order valence-corrected chi connectivity index (χ2v) is 8.05. The zero-order valence-electron chi connectivity index (χ0n) is 17.4. The quantitative estimate of drug-likeness (QED) is 0.773. The first-order valence-electron chi connectivity index (χ1n) is 10.2. The van der Waals surface area contributed by atoms with E-state index >= 15 is 0 Å². The van der Waals surface area contributed by atoms with Crippen molar-refractivity contribution < 1.29 is 9.18 Å². The van der Waals surface area contributed by atoms with Crippen molar-refractivity contribution in [1.82, 2.24) is 15.2 Å². The predicted molar refractivity (Wildman–Crippen MR) is 117 cm³/mol. The highest BCUT2D eigenvalue weighted by molar-refractivity contribution is 7.13. The van der Waals surface area contributed by atoms with Gasteiger partial charge in [0.05, 0.1) is 11.4 Å². The highest BCUT2D eigenvalue weighted by Gasteiger charge is 2.20. The van der Waals surface area contributed by atoms with Crippen LogP contribution in [-0.4, -0.2) is 55.2 Å². The zero-order chi connectivity index (χ0) is 20.8. The van der Waals surface area contributed by atoms with E-state index in [0.29, 0.717) is 25.3 Å². The summed E-state index contributed by atoms with van der Waals surface area (Å²) in [5.41, 5.74) is 2.40. The van der Waals surface area contributed by atoms with E-state index in [1.165, 1.54) is 6.07 Å². The number of nitrogens with zero attached hydrogens (tertiary/aromatic N) is 4. The van der Waals surface area contributed by atoms with E-state index in [2.05, 4.69) is 20.6 Å². The maximum Gasteiger partial charge on any atom is 0.317 e. The monoisotopic (exact) mass is 419 g/mol. The molecule has 3 rings (SSSR count). The Morgan fingerprint density at radius 2 is 2.03 bits per heavy atom. The minimum atomic E-state index is -0.246. The summed E-state index contributed by atoms with van der Waals surface area (Å²) in [6.45, 7) is 10.9. The molecule has 1 aliphatic heterocycles. The topological polar surface area (TPSA) is 51.7 Å². The summed E-state index contributed by atoms with van der Waals surface area (Å²) in [4.78, 5) is 23.2. The van der Waals surface area contributed by atoms with Crippen LogP contribution in [-0.2, 0) is 6.54 Å². The van der Waals surface area contributed by atoms with Crippen molar-refractivity contribution in [1.29, 1.82) is 0 Å². The van der Waals surface area contributed by atoms with E-state index < -0.39 is 0 Å². The first kappa shape index (κ1) is 21.4. The van der Waals surface area contributed by atoms with Crippen LogP contribution in [0.4, 0.5) is 20.0 Å². The number of aromatic nitrogens is 1. The van der Waals surface area contributed by atoms with Crippen LogP contribution < -0.4 is 15.1 Å². The van der Waals surface area contributed by atoms with Gasteiger partial charge in [-0.1, -0.05) is 6.07 Å². The number of anilines is 2. The van der Waals surface area contributed by atoms with Gasteiger partial charge in [-0.15, -0.1) is 11.3 Å². The molecular weight excluding hydrogens is 389 g/mol. The van der Waals surface area contributed by atoms with Crippen molar-refractivity contribution in [2.24, 2.45) is 0 Å². The van der Waals surface area contributed by atoms with E-state index in [1.807, 2.05) is 36.6 Å². The first-order chi connectivity index (χ1) is 14.0. The van der Waals surface area contributed by atoms with Crippen LogP contribution in [0.1, 0.15) is 31.5 Å². The van der Waals surface area contributed by atoms with Gasteiger partial charge in [0.25, 0.3) is 0 Å². The van der Waals surface area contributed by atoms with Crippen LogP contribution in [0.15, 0.2) is 23.6 Å². The summed E-state index contributed by atoms with van der Waals surface area (Å²) >= 11 is 1.65. The summed E-state index contributed by atoms with van der Waals surface area (Å²) < 4.78 is 14.4. The fraction of sp³-hybridized carbons (Fsp3) is 0.524. The van der Waals surface area contributed by atoms with Crippen LogP contribution in [0.25, 0.3) is 0 Å². The van der Waals surface area contributed by atoms with Gasteiger partial charge < -0.3 is 20.0 Å². The largest absolute Gasteiger partial charge is 0.370 e. The average molecular weight is 420 g/mol. The molecule has 2 amide bonds. The Hall–Kier alpha value is -2.35. The van der Waals surface area contributed by atoms with Gasteiger partial charge in [-0.25, -0.2) is 14.2 Å². The normalized spacial score (nSPS) is 14.6. The maximum absolute atomic E-state index is 14.4. The molecule has 1 saturated heterocycles. The highest BCUT2D eigenvalue weighted by atomic mass is 32.1. The van der Waals surface area contributed by atoms with Crippen LogP contribution in [0.2, 0.25) is 0 Å². The highest BCUT2D eigenvalue weighted by Crippen LogP contribution is 2.22. The Balaban J connectivity index is 1.53. The molecule has 1 aromatic carbocycles. The molecule has 0 saturated carbocycles. The molecular formula is C21H30FN5OS. The number of hydrogen-bond donors (Lipinski definition) is 1. The van der Waals surface area contributed by atoms with Crippen molar-refractivity contribution in [3.63, 3.8) is 0 Å². The lowest BCUT2D eigenvalue weighted by atomic mass is 10.2. The number of hydrogen-bond acceptors (Lipinski definition) is 5. The minimum absolute atomic E-state index is 0.101. The van der Waals surface area contributed by atoms with E-state index in [1.54, 1.807) is 17.4 Å². The number of halogens is 1. The molecule has 1 N–H and O–H groups in total. The number of amides is 2. The predicted octanol–water partition coefficient (Wildman–Crippen LogP) is 3.86. The number of benzene rings is 1. The standard InChI is InChI=1S/C21H30FN5OS/c1-4-25(5-2)19-8-7-17(13-18(19)22)14-23-20(28)26-9-6-10-27(12-11-26)21-24-16(3)15-29-21/h7-8,13,15H,4-6,9-12,14H2,1-3H3,(H,23,28). The molecule has 6 nitrogen and oxygen atoms in total. The number of rotatable bonds is 6. The molecule has 8 heteroatoms. The lowest BCUT2D eigenvalue weighted by molar-refractivity contribution is 0.201. The molecule has 158 valence electrons. The summed E-state index contributed by atoms with van der Waals surface area (Å²) in [6.07, 6.45) is 0.902. The number of aryl methyl sites for hydroxylation is 1. The summed E-state index contributed by atoms with van der Waals surface area (Å²) in [5.74, 6) is -0.246. The van der Waals surface area contributed by atoms with Gasteiger partial charge in [-0.05, 0) is 44.9 Å². The third-order valence-corrected chi connectivity index (χ3v) is 6.24. The molecule has 2 heterocycles. The van der Waals surface area contributed by atoms with Crippen LogP contribution in [0, 0.1) is 12.7 Å². The Labute approximate surface area is 176 Å². The van der Waals surface area contributed by atoms with Crippen molar-refractivity contribution >= 4 is 28.2 Å². The van der Waals surface area contributed by atoms with Crippen molar-refractivity contribution in [2.45, 2.75) is 33.7 Å². The Bertz CT molecular complexity index is 823. The van der Waals surface area contributed by atoms with Crippen LogP contribution >= 0.6 is 11.3 Å². The molecule has 1 aliphatic rings. The molecule has 1 aromatic heterocycles. The number of nitrogens with one attached hydrogen (secondary N) is 1. The van der Waals surface area contributed by atoms with E-state index in [0.717, 1.165) is 49.0 Å². The van der Waals surface area contributed by atoms with Crippen molar-refractivity contribution in [3.05, 3.63) is 40.7 Å². The summed E-state index contributed by atoms with van der Waals surface area (Å²) in [6, 6.07) is 5.09. The molecule has 0 spiro atoms. The summed E-state index contributed by atoms with van der Waals surface area (Å²) in [5, 5.41) is 6.01. The van der Waals surface area contributed by atoms with Crippen molar-refractivity contribution in [3.8, 4) is 0 Å². The molecule has 0 aliphatic carbocycles. The number of thiazole rings is 1. The Morgan fingerprint density at radius 1 is 1.24 bits per heavy atom. The van der Waals surface area contributed by atoms with Gasteiger partial charge in [0, 0.05) is 51.2 Å². The third-order valence-electron chi connectivity index (χ3n) is 5.22. The van der Waals surface area contributed by atoms with Gasteiger partial charge in [0.1, 0.15) is 5.82 Å². The van der Waals surface area contributed by atoms with E-state index in [4.69, 9.17) is 0 Å².